The monoisotopic (exact) mass is 198 g/mol. The maximum absolute atomic E-state index is 12.7. The highest BCUT2D eigenvalue weighted by molar-refractivity contribution is 6.30. The maximum Gasteiger partial charge on any atom is 0.149 e. The first-order valence-electron chi connectivity index (χ1n) is 3.71. The molecular weight excluding hydrogens is 191 g/mol. The van der Waals surface area contributed by atoms with Crippen LogP contribution in [0.4, 0.5) is 4.39 Å². The van der Waals surface area contributed by atoms with E-state index in [-0.39, 0.29) is 5.02 Å². The number of hydrogen-bond acceptors (Lipinski definition) is 1. The van der Waals surface area contributed by atoms with Crippen molar-refractivity contribution in [1.82, 2.24) is 0 Å². The molecule has 0 amide bonds. The number of rotatable bonds is 2. The van der Waals surface area contributed by atoms with E-state index >= 15 is 0 Å². The van der Waals surface area contributed by atoms with Gasteiger partial charge in [0, 0.05) is 6.07 Å². The first-order valence-corrected chi connectivity index (χ1v) is 4.09. The zero-order chi connectivity index (χ0) is 9.68. The smallest absolute Gasteiger partial charge is 0.149 e. The maximum atomic E-state index is 12.7. The molecule has 0 N–H and O–H groups in total. The third-order valence-electron chi connectivity index (χ3n) is 1.38. The van der Waals surface area contributed by atoms with Crippen molar-refractivity contribution >= 4 is 11.6 Å². The zero-order valence-corrected chi connectivity index (χ0v) is 7.86. The van der Waals surface area contributed by atoms with Crippen LogP contribution in [-0.4, -0.2) is 6.61 Å². The average Bonchev–Trinajstić information content (AvgIpc) is 2.12. The molecule has 0 saturated carbocycles. The van der Waals surface area contributed by atoms with Crippen molar-refractivity contribution < 1.29 is 9.13 Å². The summed E-state index contributed by atoms with van der Waals surface area (Å²) >= 11 is 5.54. The fraction of sp³-hybridized carbons (Fsp3) is 0.200. The Morgan fingerprint density at radius 3 is 2.92 bits per heavy atom. The van der Waals surface area contributed by atoms with E-state index in [9.17, 15) is 4.39 Å². The second-order valence-corrected chi connectivity index (χ2v) is 2.70. The molecule has 1 aromatic carbocycles. The average molecular weight is 199 g/mol. The van der Waals surface area contributed by atoms with E-state index in [1.54, 1.807) is 6.92 Å². The Balaban J connectivity index is 2.66. The SMILES string of the molecule is CC#CCOc1ccc(F)c(Cl)c1. The van der Waals surface area contributed by atoms with Crippen LogP contribution in [0.1, 0.15) is 6.92 Å². The van der Waals surface area contributed by atoms with E-state index in [0.717, 1.165) is 0 Å². The minimum Gasteiger partial charge on any atom is -0.481 e. The minimum absolute atomic E-state index is 0.0574. The van der Waals surface area contributed by atoms with Crippen LogP contribution >= 0.6 is 11.6 Å². The van der Waals surface area contributed by atoms with Gasteiger partial charge < -0.3 is 4.74 Å². The predicted octanol–water partition coefficient (Wildman–Crippen LogP) is 2.88. The molecule has 3 heteroatoms. The van der Waals surface area contributed by atoms with Crippen LogP contribution in [0.5, 0.6) is 5.75 Å². The van der Waals surface area contributed by atoms with Gasteiger partial charge in [-0.25, -0.2) is 4.39 Å². The Hall–Kier alpha value is -1.20. The summed E-state index contributed by atoms with van der Waals surface area (Å²) in [7, 11) is 0. The molecule has 0 heterocycles. The highest BCUT2D eigenvalue weighted by Crippen LogP contribution is 2.20. The second-order valence-electron chi connectivity index (χ2n) is 2.29. The lowest BCUT2D eigenvalue weighted by Gasteiger charge is -2.02. The Kier molecular flexibility index (Phi) is 3.60. The second kappa shape index (κ2) is 4.74. The van der Waals surface area contributed by atoms with Gasteiger partial charge in [-0.15, -0.1) is 5.92 Å². The fourth-order valence-electron chi connectivity index (χ4n) is 0.758. The van der Waals surface area contributed by atoms with Crippen LogP contribution in [0.3, 0.4) is 0 Å². The van der Waals surface area contributed by atoms with Gasteiger partial charge in [-0.3, -0.25) is 0 Å². The third-order valence-corrected chi connectivity index (χ3v) is 1.67. The van der Waals surface area contributed by atoms with E-state index in [0.29, 0.717) is 12.4 Å². The van der Waals surface area contributed by atoms with Crippen molar-refractivity contribution in [2.24, 2.45) is 0 Å². The van der Waals surface area contributed by atoms with Crippen LogP contribution in [-0.2, 0) is 0 Å². The van der Waals surface area contributed by atoms with E-state index in [1.165, 1.54) is 18.2 Å². The lowest BCUT2D eigenvalue weighted by atomic mass is 10.3. The van der Waals surface area contributed by atoms with E-state index in [2.05, 4.69) is 11.8 Å². The molecule has 1 aromatic rings. The summed E-state index contributed by atoms with van der Waals surface area (Å²) in [4.78, 5) is 0. The summed E-state index contributed by atoms with van der Waals surface area (Å²) in [5.41, 5.74) is 0. The highest BCUT2D eigenvalue weighted by Gasteiger charge is 2.00. The molecule has 0 radical (unpaired) electrons. The molecule has 0 aromatic heterocycles. The summed E-state index contributed by atoms with van der Waals surface area (Å²) in [6.45, 7) is 2.01. The van der Waals surface area contributed by atoms with Crippen molar-refractivity contribution in [3.05, 3.63) is 29.0 Å². The van der Waals surface area contributed by atoms with Crippen LogP contribution < -0.4 is 4.74 Å². The minimum atomic E-state index is -0.449. The normalized spacial score (nSPS) is 8.85. The zero-order valence-electron chi connectivity index (χ0n) is 7.10. The molecule has 13 heavy (non-hydrogen) atoms. The number of benzene rings is 1. The first kappa shape index (κ1) is 9.88. The van der Waals surface area contributed by atoms with Gasteiger partial charge >= 0.3 is 0 Å². The molecule has 1 rings (SSSR count). The molecule has 0 aliphatic carbocycles. The molecule has 0 aliphatic heterocycles. The van der Waals surface area contributed by atoms with E-state index in [4.69, 9.17) is 16.3 Å². The van der Waals surface area contributed by atoms with Crippen LogP contribution in [0.25, 0.3) is 0 Å². The molecule has 0 bridgehead atoms. The van der Waals surface area contributed by atoms with Gasteiger partial charge in [-0.05, 0) is 19.1 Å². The number of halogens is 2. The first-order chi connectivity index (χ1) is 6.24. The van der Waals surface area contributed by atoms with Crippen LogP contribution in [0.15, 0.2) is 18.2 Å². The van der Waals surface area contributed by atoms with Gasteiger partial charge in [-0.2, -0.15) is 0 Å². The summed E-state index contributed by atoms with van der Waals surface area (Å²) in [5.74, 6) is 5.48. The Labute approximate surface area is 81.5 Å². The molecule has 0 spiro atoms. The Morgan fingerprint density at radius 2 is 2.31 bits per heavy atom. The van der Waals surface area contributed by atoms with Crippen LogP contribution in [0.2, 0.25) is 5.02 Å². The quantitative estimate of drug-likeness (QED) is 0.664. The van der Waals surface area contributed by atoms with Gasteiger partial charge in [0.05, 0.1) is 5.02 Å². The molecule has 1 nitrogen and oxygen atoms in total. The summed E-state index contributed by atoms with van der Waals surface area (Å²) in [5, 5.41) is 0.0574. The molecule has 0 fully saturated rings. The highest BCUT2D eigenvalue weighted by atomic mass is 35.5. The Bertz CT molecular complexity index is 352. The summed E-state index contributed by atoms with van der Waals surface area (Å²) in [6.07, 6.45) is 0. The summed E-state index contributed by atoms with van der Waals surface area (Å²) in [6, 6.07) is 4.20. The van der Waals surface area contributed by atoms with Gasteiger partial charge in [0.25, 0.3) is 0 Å². The van der Waals surface area contributed by atoms with Crippen molar-refractivity contribution in [2.45, 2.75) is 6.92 Å². The number of ether oxygens (including phenoxy) is 1. The van der Waals surface area contributed by atoms with Gasteiger partial charge in [-0.1, -0.05) is 17.5 Å². The van der Waals surface area contributed by atoms with Crippen molar-refractivity contribution in [3.8, 4) is 17.6 Å². The lowest BCUT2D eigenvalue weighted by Crippen LogP contribution is -1.93. The standard InChI is InChI=1S/C10H8ClFO/c1-2-3-6-13-8-4-5-10(12)9(11)7-8/h4-5,7H,6H2,1H3. The summed E-state index contributed by atoms with van der Waals surface area (Å²) < 4.78 is 17.8. The fourth-order valence-corrected chi connectivity index (χ4v) is 0.929. The number of hydrogen-bond donors (Lipinski definition) is 0. The molecule has 0 aliphatic rings. The van der Waals surface area contributed by atoms with Crippen LogP contribution in [0, 0.1) is 17.7 Å². The molecule has 68 valence electrons. The molecule has 0 atom stereocenters. The van der Waals surface area contributed by atoms with E-state index < -0.39 is 5.82 Å². The van der Waals surface area contributed by atoms with Gasteiger partial charge in [0.2, 0.25) is 0 Å². The van der Waals surface area contributed by atoms with Gasteiger partial charge in [0.15, 0.2) is 0 Å². The largest absolute Gasteiger partial charge is 0.481 e. The lowest BCUT2D eigenvalue weighted by molar-refractivity contribution is 0.369. The molecule has 0 saturated heterocycles. The van der Waals surface area contributed by atoms with E-state index in [1.807, 2.05) is 0 Å². The van der Waals surface area contributed by atoms with Crippen molar-refractivity contribution in [3.63, 3.8) is 0 Å². The topological polar surface area (TPSA) is 9.23 Å². The van der Waals surface area contributed by atoms with Crippen molar-refractivity contribution in [1.29, 1.82) is 0 Å². The Morgan fingerprint density at radius 1 is 1.54 bits per heavy atom. The predicted molar refractivity (Wildman–Crippen MR) is 50.4 cm³/mol. The molecule has 0 unspecified atom stereocenters. The van der Waals surface area contributed by atoms with Crippen molar-refractivity contribution in [2.75, 3.05) is 6.61 Å². The third kappa shape index (κ3) is 2.96. The van der Waals surface area contributed by atoms with Gasteiger partial charge in [0.1, 0.15) is 18.2 Å². The molecular formula is C10H8ClFO.